The lowest BCUT2D eigenvalue weighted by Crippen LogP contribution is -2.22. The van der Waals surface area contributed by atoms with E-state index in [2.05, 4.69) is 22.5 Å². The van der Waals surface area contributed by atoms with E-state index in [9.17, 15) is 13.6 Å². The normalized spacial score (nSPS) is 10.7. The third-order valence-corrected chi connectivity index (χ3v) is 4.82. The maximum Gasteiger partial charge on any atom is 0.273 e. The van der Waals surface area contributed by atoms with Gasteiger partial charge < -0.3 is 4.74 Å². The van der Waals surface area contributed by atoms with Crippen LogP contribution in [-0.2, 0) is 6.61 Å². The average molecular weight is 432 g/mol. The Labute approximate surface area is 163 Å². The molecule has 0 unspecified atom stereocenters. The Morgan fingerprint density at radius 1 is 1.15 bits per heavy atom. The molecule has 3 aromatic rings. The number of rotatable bonds is 5. The molecule has 0 radical (unpaired) electrons. The fourth-order valence-corrected chi connectivity index (χ4v) is 3.07. The number of aryl methyl sites for hydroxylation is 1. The van der Waals surface area contributed by atoms with Crippen LogP contribution in [0.1, 0.15) is 16.8 Å². The van der Waals surface area contributed by atoms with Gasteiger partial charge in [-0.2, -0.15) is 0 Å². The molecule has 0 saturated heterocycles. The van der Waals surface area contributed by atoms with Gasteiger partial charge in [0.2, 0.25) is 0 Å². The number of hydrogen-bond acceptors (Lipinski definition) is 2. The van der Waals surface area contributed by atoms with Gasteiger partial charge in [0, 0.05) is 29.1 Å². The van der Waals surface area contributed by atoms with Crippen molar-refractivity contribution in [3.05, 3.63) is 98.4 Å². The second-order valence-corrected chi connectivity index (χ2v) is 6.72. The van der Waals surface area contributed by atoms with Crippen LogP contribution in [0.4, 0.5) is 8.78 Å². The van der Waals surface area contributed by atoms with Gasteiger partial charge in [0.25, 0.3) is 5.56 Å². The van der Waals surface area contributed by atoms with Gasteiger partial charge >= 0.3 is 0 Å². The van der Waals surface area contributed by atoms with Gasteiger partial charge in [-0.25, -0.2) is 8.78 Å². The van der Waals surface area contributed by atoms with E-state index in [4.69, 9.17) is 4.74 Å². The Hall–Kier alpha value is -2.73. The van der Waals surface area contributed by atoms with Crippen molar-refractivity contribution in [1.82, 2.24) is 4.57 Å². The van der Waals surface area contributed by atoms with E-state index in [1.165, 1.54) is 6.07 Å². The number of pyridine rings is 1. The monoisotopic (exact) mass is 431 g/mol. The molecule has 3 rings (SSSR count). The lowest BCUT2D eigenvalue weighted by atomic mass is 10.2. The highest BCUT2D eigenvalue weighted by atomic mass is 79.9. The molecule has 0 fully saturated rings. The summed E-state index contributed by atoms with van der Waals surface area (Å²) in [5.41, 5.74) is 2.22. The highest BCUT2D eigenvalue weighted by Gasteiger charge is 2.14. The molecule has 27 heavy (non-hydrogen) atoms. The van der Waals surface area contributed by atoms with E-state index in [1.54, 1.807) is 23.6 Å². The van der Waals surface area contributed by atoms with Crippen molar-refractivity contribution in [1.29, 1.82) is 0 Å². The summed E-state index contributed by atoms with van der Waals surface area (Å²) >= 11 is 3.27. The zero-order valence-electron chi connectivity index (χ0n) is 14.5. The smallest absolute Gasteiger partial charge is 0.273 e. The summed E-state index contributed by atoms with van der Waals surface area (Å²) in [5, 5.41) is 0. The molecule has 3 nitrogen and oxygen atoms in total. The Balaban J connectivity index is 1.92. The number of aromatic nitrogens is 1. The SMILES string of the molecule is C=Cc1ccc(-n2c(C)cc(OCc3ccc(F)cc3F)c(Br)c2=O)cc1. The van der Waals surface area contributed by atoms with Crippen molar-refractivity contribution in [2.24, 2.45) is 0 Å². The molecule has 6 heteroatoms. The molecule has 1 heterocycles. The minimum absolute atomic E-state index is 0.123. The van der Waals surface area contributed by atoms with Crippen LogP contribution in [0.25, 0.3) is 11.8 Å². The number of ether oxygens (including phenoxy) is 1. The molecule has 2 aromatic carbocycles. The van der Waals surface area contributed by atoms with E-state index in [-0.39, 0.29) is 22.2 Å². The molecule has 0 saturated carbocycles. The summed E-state index contributed by atoms with van der Waals surface area (Å²) in [6.45, 7) is 5.37. The highest BCUT2D eigenvalue weighted by Crippen LogP contribution is 2.25. The lowest BCUT2D eigenvalue weighted by Gasteiger charge is -2.15. The van der Waals surface area contributed by atoms with Crippen LogP contribution in [0, 0.1) is 18.6 Å². The van der Waals surface area contributed by atoms with Gasteiger partial charge in [0.05, 0.1) is 0 Å². The van der Waals surface area contributed by atoms with Crippen LogP contribution in [0.3, 0.4) is 0 Å². The molecule has 0 spiro atoms. The Morgan fingerprint density at radius 3 is 2.48 bits per heavy atom. The molecule has 1 aromatic heterocycles. The topological polar surface area (TPSA) is 31.2 Å². The van der Waals surface area contributed by atoms with Gasteiger partial charge in [-0.3, -0.25) is 9.36 Å². The van der Waals surface area contributed by atoms with Crippen LogP contribution in [0.15, 0.2) is 64.4 Å². The van der Waals surface area contributed by atoms with Crippen LogP contribution in [0.5, 0.6) is 5.75 Å². The van der Waals surface area contributed by atoms with Crippen molar-refractivity contribution in [2.75, 3.05) is 0 Å². The van der Waals surface area contributed by atoms with Crippen molar-refractivity contribution in [2.45, 2.75) is 13.5 Å². The summed E-state index contributed by atoms with van der Waals surface area (Å²) < 4.78 is 34.1. The molecule has 0 N–H and O–H groups in total. The molecule has 138 valence electrons. The van der Waals surface area contributed by atoms with Gasteiger partial charge in [-0.15, -0.1) is 0 Å². The summed E-state index contributed by atoms with van der Waals surface area (Å²) in [7, 11) is 0. The molecular weight excluding hydrogens is 416 g/mol. The largest absolute Gasteiger partial charge is 0.487 e. The van der Waals surface area contributed by atoms with Crippen molar-refractivity contribution in [3.8, 4) is 11.4 Å². The molecule has 0 atom stereocenters. The average Bonchev–Trinajstić information content (AvgIpc) is 2.65. The summed E-state index contributed by atoms with van der Waals surface area (Å²) in [6.07, 6.45) is 1.72. The van der Waals surface area contributed by atoms with E-state index >= 15 is 0 Å². The molecular formula is C21H16BrF2NO2. The maximum atomic E-state index is 13.8. The standard InChI is InChI=1S/C21H16BrF2NO2/c1-3-14-4-8-17(9-5-14)25-13(2)10-19(20(22)21(25)26)27-12-15-6-7-16(23)11-18(15)24/h3-11H,1,12H2,2H3. The van der Waals surface area contributed by atoms with Crippen LogP contribution < -0.4 is 10.3 Å². The lowest BCUT2D eigenvalue weighted by molar-refractivity contribution is 0.296. The highest BCUT2D eigenvalue weighted by molar-refractivity contribution is 9.10. The maximum absolute atomic E-state index is 13.8. The zero-order chi connectivity index (χ0) is 19.6. The third-order valence-electron chi connectivity index (χ3n) is 4.09. The second kappa shape index (κ2) is 7.88. The zero-order valence-corrected chi connectivity index (χ0v) is 16.1. The van der Waals surface area contributed by atoms with Crippen LogP contribution >= 0.6 is 15.9 Å². The first-order valence-electron chi connectivity index (χ1n) is 8.12. The minimum Gasteiger partial charge on any atom is -0.487 e. The predicted molar refractivity (Wildman–Crippen MR) is 105 cm³/mol. The Kier molecular flexibility index (Phi) is 5.56. The summed E-state index contributed by atoms with van der Waals surface area (Å²) in [4.78, 5) is 12.8. The third kappa shape index (κ3) is 4.01. The van der Waals surface area contributed by atoms with Crippen molar-refractivity contribution >= 4 is 22.0 Å². The first kappa shape index (κ1) is 19.0. The molecule has 0 aliphatic rings. The fourth-order valence-electron chi connectivity index (χ4n) is 2.66. The Morgan fingerprint density at radius 2 is 1.85 bits per heavy atom. The predicted octanol–water partition coefficient (Wildman–Crippen LogP) is 5.41. The number of halogens is 3. The van der Waals surface area contributed by atoms with E-state index < -0.39 is 11.6 Å². The number of benzene rings is 2. The first-order valence-corrected chi connectivity index (χ1v) is 8.91. The van der Waals surface area contributed by atoms with E-state index in [1.807, 2.05) is 24.3 Å². The van der Waals surface area contributed by atoms with Crippen LogP contribution in [0.2, 0.25) is 0 Å². The molecule has 0 amide bonds. The van der Waals surface area contributed by atoms with Gasteiger partial charge in [0.1, 0.15) is 28.5 Å². The van der Waals surface area contributed by atoms with E-state index in [0.717, 1.165) is 17.7 Å². The minimum atomic E-state index is -0.696. The second-order valence-electron chi connectivity index (χ2n) is 5.92. The van der Waals surface area contributed by atoms with Gasteiger partial charge in [-0.1, -0.05) is 24.8 Å². The van der Waals surface area contributed by atoms with E-state index in [0.29, 0.717) is 17.1 Å². The summed E-state index contributed by atoms with van der Waals surface area (Å²) in [5.74, 6) is -1.06. The van der Waals surface area contributed by atoms with Crippen LogP contribution in [-0.4, -0.2) is 4.57 Å². The fraction of sp³-hybridized carbons (Fsp3) is 0.0952. The van der Waals surface area contributed by atoms with Gasteiger partial charge in [0.15, 0.2) is 0 Å². The van der Waals surface area contributed by atoms with Crippen molar-refractivity contribution < 1.29 is 13.5 Å². The molecule has 0 aliphatic carbocycles. The number of nitrogens with zero attached hydrogens (tertiary/aromatic N) is 1. The molecule has 0 bridgehead atoms. The Bertz CT molecular complexity index is 1060. The molecule has 0 aliphatic heterocycles. The summed E-state index contributed by atoms with van der Waals surface area (Å²) in [6, 6.07) is 12.3. The first-order chi connectivity index (χ1) is 12.9. The quantitative estimate of drug-likeness (QED) is 0.540. The van der Waals surface area contributed by atoms with Gasteiger partial charge in [-0.05, 0) is 52.7 Å². The van der Waals surface area contributed by atoms with Crippen molar-refractivity contribution in [3.63, 3.8) is 0 Å². The number of hydrogen-bond donors (Lipinski definition) is 0.